The zero-order chi connectivity index (χ0) is 10.7. The van der Waals surface area contributed by atoms with E-state index in [2.05, 4.69) is 4.98 Å². The van der Waals surface area contributed by atoms with Crippen molar-refractivity contribution in [3.8, 4) is 0 Å². The average Bonchev–Trinajstić information content (AvgIpc) is 2.55. The number of hydrogen-bond donors (Lipinski definition) is 1. The standard InChI is InChI=1S/C10H14N2O3/c13-9(14)8-7-15-10(11-8)12-5-3-1-2-4-6-12/h7H,1-6H2,(H,13,14). The molecule has 5 nitrogen and oxygen atoms in total. The van der Waals surface area contributed by atoms with Crippen molar-refractivity contribution in [3.63, 3.8) is 0 Å². The Balaban J connectivity index is 2.10. The maximum absolute atomic E-state index is 10.6. The quantitative estimate of drug-likeness (QED) is 0.805. The normalized spacial score (nSPS) is 17.5. The van der Waals surface area contributed by atoms with Crippen LogP contribution in [0.3, 0.4) is 0 Å². The Morgan fingerprint density at radius 1 is 1.33 bits per heavy atom. The molecule has 0 spiro atoms. The molecule has 2 rings (SSSR count). The molecule has 1 aliphatic rings. The van der Waals surface area contributed by atoms with E-state index in [1.54, 1.807) is 0 Å². The molecular weight excluding hydrogens is 196 g/mol. The highest BCUT2D eigenvalue weighted by molar-refractivity contribution is 5.85. The van der Waals surface area contributed by atoms with Crippen molar-refractivity contribution in [3.05, 3.63) is 12.0 Å². The van der Waals surface area contributed by atoms with Gasteiger partial charge in [0.1, 0.15) is 6.26 Å². The lowest BCUT2D eigenvalue weighted by atomic mass is 10.2. The molecule has 2 heterocycles. The molecule has 1 aromatic rings. The van der Waals surface area contributed by atoms with E-state index in [4.69, 9.17) is 9.52 Å². The van der Waals surface area contributed by atoms with Crippen LogP contribution in [-0.2, 0) is 0 Å². The van der Waals surface area contributed by atoms with Crippen LogP contribution in [0.2, 0.25) is 0 Å². The number of anilines is 1. The first-order valence-corrected chi connectivity index (χ1v) is 5.21. The minimum Gasteiger partial charge on any atom is -0.476 e. The van der Waals surface area contributed by atoms with E-state index in [1.807, 2.05) is 4.90 Å². The van der Waals surface area contributed by atoms with Crippen LogP contribution in [0.1, 0.15) is 36.2 Å². The molecule has 15 heavy (non-hydrogen) atoms. The van der Waals surface area contributed by atoms with Gasteiger partial charge in [-0.15, -0.1) is 0 Å². The molecule has 0 amide bonds. The lowest BCUT2D eigenvalue weighted by Crippen LogP contribution is -2.24. The van der Waals surface area contributed by atoms with Crippen molar-refractivity contribution in [2.45, 2.75) is 25.7 Å². The number of carboxylic acid groups (broad SMARTS) is 1. The van der Waals surface area contributed by atoms with Gasteiger partial charge >= 0.3 is 5.97 Å². The topological polar surface area (TPSA) is 66.6 Å². The molecule has 1 fully saturated rings. The highest BCUT2D eigenvalue weighted by Crippen LogP contribution is 2.18. The second-order valence-electron chi connectivity index (χ2n) is 3.72. The van der Waals surface area contributed by atoms with Crippen LogP contribution in [0.15, 0.2) is 10.7 Å². The van der Waals surface area contributed by atoms with E-state index in [1.165, 1.54) is 19.1 Å². The largest absolute Gasteiger partial charge is 0.476 e. The minimum atomic E-state index is -1.04. The summed E-state index contributed by atoms with van der Waals surface area (Å²) < 4.78 is 5.15. The minimum absolute atomic E-state index is 0.0192. The highest BCUT2D eigenvalue weighted by atomic mass is 16.4. The van der Waals surface area contributed by atoms with Gasteiger partial charge in [-0.1, -0.05) is 12.8 Å². The molecule has 0 saturated carbocycles. The van der Waals surface area contributed by atoms with E-state index >= 15 is 0 Å². The summed E-state index contributed by atoms with van der Waals surface area (Å²) in [6.07, 6.45) is 5.88. The summed E-state index contributed by atoms with van der Waals surface area (Å²) in [4.78, 5) is 16.6. The lowest BCUT2D eigenvalue weighted by Gasteiger charge is -2.16. The second-order valence-corrected chi connectivity index (χ2v) is 3.72. The number of carbonyl (C=O) groups is 1. The van der Waals surface area contributed by atoms with E-state index in [0.29, 0.717) is 6.01 Å². The molecule has 0 unspecified atom stereocenters. The molecule has 0 radical (unpaired) electrons. The third-order valence-corrected chi connectivity index (χ3v) is 2.59. The molecule has 0 atom stereocenters. The number of carboxylic acids is 1. The number of nitrogens with zero attached hydrogens (tertiary/aromatic N) is 2. The molecule has 1 saturated heterocycles. The van der Waals surface area contributed by atoms with E-state index < -0.39 is 5.97 Å². The van der Waals surface area contributed by atoms with Crippen molar-refractivity contribution in [2.24, 2.45) is 0 Å². The summed E-state index contributed by atoms with van der Waals surface area (Å²) in [6.45, 7) is 1.80. The predicted molar refractivity (Wildman–Crippen MR) is 54.1 cm³/mol. The van der Waals surface area contributed by atoms with Crippen molar-refractivity contribution in [1.82, 2.24) is 4.98 Å². The van der Waals surface area contributed by atoms with Crippen molar-refractivity contribution in [1.29, 1.82) is 0 Å². The summed E-state index contributed by atoms with van der Waals surface area (Å²) in [6, 6.07) is 0.439. The van der Waals surface area contributed by atoms with Crippen LogP contribution >= 0.6 is 0 Å². The Morgan fingerprint density at radius 2 is 2.00 bits per heavy atom. The van der Waals surface area contributed by atoms with E-state index in [0.717, 1.165) is 25.9 Å². The summed E-state index contributed by atoms with van der Waals surface area (Å²) >= 11 is 0. The fraction of sp³-hybridized carbons (Fsp3) is 0.600. The van der Waals surface area contributed by atoms with Gasteiger partial charge < -0.3 is 14.4 Å². The van der Waals surface area contributed by atoms with Crippen molar-refractivity contribution < 1.29 is 14.3 Å². The Morgan fingerprint density at radius 3 is 2.53 bits per heavy atom. The van der Waals surface area contributed by atoms with Crippen LogP contribution in [0.25, 0.3) is 0 Å². The summed E-state index contributed by atoms with van der Waals surface area (Å²) in [5.41, 5.74) is -0.0192. The molecule has 5 heteroatoms. The molecular formula is C10H14N2O3. The number of aromatic carboxylic acids is 1. The maximum atomic E-state index is 10.6. The van der Waals surface area contributed by atoms with Gasteiger partial charge in [0.05, 0.1) is 0 Å². The van der Waals surface area contributed by atoms with Gasteiger partial charge in [-0.3, -0.25) is 0 Å². The average molecular weight is 210 g/mol. The highest BCUT2D eigenvalue weighted by Gasteiger charge is 2.17. The first-order valence-electron chi connectivity index (χ1n) is 5.21. The summed E-state index contributed by atoms with van der Waals surface area (Å²) in [7, 11) is 0. The lowest BCUT2D eigenvalue weighted by molar-refractivity contribution is 0.0690. The SMILES string of the molecule is O=C(O)c1coc(N2CCCCCC2)n1. The van der Waals surface area contributed by atoms with Gasteiger partial charge in [0.15, 0.2) is 5.69 Å². The fourth-order valence-corrected chi connectivity index (χ4v) is 1.77. The van der Waals surface area contributed by atoms with Crippen LogP contribution in [0, 0.1) is 0 Å². The van der Waals surface area contributed by atoms with Crippen molar-refractivity contribution in [2.75, 3.05) is 18.0 Å². The van der Waals surface area contributed by atoms with Gasteiger partial charge in [-0.25, -0.2) is 4.79 Å². The van der Waals surface area contributed by atoms with Gasteiger partial charge in [-0.2, -0.15) is 4.98 Å². The monoisotopic (exact) mass is 210 g/mol. The number of oxazole rings is 1. The van der Waals surface area contributed by atoms with Crippen LogP contribution in [0.5, 0.6) is 0 Å². The van der Waals surface area contributed by atoms with Crippen LogP contribution < -0.4 is 4.90 Å². The van der Waals surface area contributed by atoms with Gasteiger partial charge in [-0.05, 0) is 12.8 Å². The third kappa shape index (κ3) is 2.29. The smallest absolute Gasteiger partial charge is 0.357 e. The van der Waals surface area contributed by atoms with Crippen molar-refractivity contribution >= 4 is 12.0 Å². The first-order chi connectivity index (χ1) is 7.27. The fourth-order valence-electron chi connectivity index (χ4n) is 1.77. The molecule has 0 bridgehead atoms. The van der Waals surface area contributed by atoms with Gasteiger partial charge in [0.25, 0.3) is 6.01 Å². The second kappa shape index (κ2) is 4.33. The van der Waals surface area contributed by atoms with Gasteiger partial charge in [0, 0.05) is 13.1 Å². The Labute approximate surface area is 87.7 Å². The van der Waals surface area contributed by atoms with Crippen LogP contribution in [0.4, 0.5) is 6.01 Å². The number of rotatable bonds is 2. The number of aromatic nitrogens is 1. The van der Waals surface area contributed by atoms with E-state index in [-0.39, 0.29) is 5.69 Å². The summed E-state index contributed by atoms with van der Waals surface area (Å²) in [5, 5.41) is 8.71. The summed E-state index contributed by atoms with van der Waals surface area (Å²) in [5.74, 6) is -1.04. The molecule has 1 aromatic heterocycles. The zero-order valence-corrected chi connectivity index (χ0v) is 8.48. The molecule has 1 N–H and O–H groups in total. The first kappa shape index (κ1) is 10.0. The predicted octanol–water partition coefficient (Wildman–Crippen LogP) is 1.75. The van der Waals surface area contributed by atoms with Gasteiger partial charge in [0.2, 0.25) is 0 Å². The van der Waals surface area contributed by atoms with Crippen LogP contribution in [-0.4, -0.2) is 29.1 Å². The van der Waals surface area contributed by atoms with E-state index in [9.17, 15) is 4.79 Å². The zero-order valence-electron chi connectivity index (χ0n) is 8.48. The Kier molecular flexibility index (Phi) is 2.89. The Hall–Kier alpha value is -1.52. The number of hydrogen-bond acceptors (Lipinski definition) is 4. The maximum Gasteiger partial charge on any atom is 0.357 e. The molecule has 0 aliphatic carbocycles. The molecule has 0 aromatic carbocycles. The third-order valence-electron chi connectivity index (χ3n) is 2.59. The molecule has 1 aliphatic heterocycles. The molecule has 82 valence electrons. The Bertz CT molecular complexity index is 340.